The number of hydrogen-bond donors (Lipinski definition) is 1. The number of nitrogens with zero attached hydrogens (tertiary/aromatic N) is 2. The van der Waals surface area contributed by atoms with Crippen LogP contribution < -0.4 is 5.32 Å². The lowest BCUT2D eigenvalue weighted by Crippen LogP contribution is -2.50. The summed E-state index contributed by atoms with van der Waals surface area (Å²) in [5, 5.41) is 2.46. The third kappa shape index (κ3) is 5.15. The monoisotopic (exact) mass is 387 g/mol. The molecule has 10 heteroatoms. The van der Waals surface area contributed by atoms with Gasteiger partial charge >= 0.3 is 6.09 Å². The molecule has 1 saturated heterocycles. The Hall–Kier alpha value is -2.20. The molecule has 1 aliphatic heterocycles. The first-order valence-electron chi connectivity index (χ1n) is 8.28. The van der Waals surface area contributed by atoms with Crippen molar-refractivity contribution < 1.29 is 27.1 Å². The fraction of sp³-hybridized carbons (Fsp3) is 0.500. The zero-order valence-corrected chi connectivity index (χ0v) is 15.3. The van der Waals surface area contributed by atoms with Gasteiger partial charge in [-0.1, -0.05) is 6.07 Å². The summed E-state index contributed by atoms with van der Waals surface area (Å²) in [6, 6.07) is 4.85. The first-order chi connectivity index (χ1) is 12.3. The Morgan fingerprint density at radius 1 is 1.23 bits per heavy atom. The molecule has 1 fully saturated rings. The van der Waals surface area contributed by atoms with Crippen molar-refractivity contribution in [2.24, 2.45) is 0 Å². The quantitative estimate of drug-likeness (QED) is 0.779. The smallest absolute Gasteiger partial charge is 0.407 e. The third-order valence-electron chi connectivity index (χ3n) is 3.91. The molecule has 1 heterocycles. The molecule has 8 nitrogen and oxygen atoms in total. The number of ether oxygens (including phenoxy) is 1. The Balaban J connectivity index is 1.84. The summed E-state index contributed by atoms with van der Waals surface area (Å²) in [6.07, 6.45) is -0.471. The van der Waals surface area contributed by atoms with Crippen molar-refractivity contribution in [1.29, 1.82) is 0 Å². The average molecular weight is 387 g/mol. The lowest BCUT2D eigenvalue weighted by molar-refractivity contribution is -0.132. The molecular formula is C16H22FN3O5S. The molecule has 0 saturated carbocycles. The van der Waals surface area contributed by atoms with Gasteiger partial charge in [0.1, 0.15) is 5.82 Å². The van der Waals surface area contributed by atoms with Crippen LogP contribution in [0.3, 0.4) is 0 Å². The fourth-order valence-corrected chi connectivity index (χ4v) is 4.02. The highest BCUT2D eigenvalue weighted by Gasteiger charge is 2.30. The molecule has 0 spiro atoms. The minimum Gasteiger partial charge on any atom is -0.450 e. The molecule has 0 bridgehead atoms. The van der Waals surface area contributed by atoms with Crippen molar-refractivity contribution in [1.82, 2.24) is 14.5 Å². The average Bonchev–Trinajstić information content (AvgIpc) is 2.62. The van der Waals surface area contributed by atoms with E-state index in [1.54, 1.807) is 11.8 Å². The van der Waals surface area contributed by atoms with Crippen LogP contribution in [-0.4, -0.2) is 69.0 Å². The number of piperazine rings is 1. The van der Waals surface area contributed by atoms with Crippen LogP contribution in [0.15, 0.2) is 29.2 Å². The number of sulfonamides is 1. The van der Waals surface area contributed by atoms with Crippen molar-refractivity contribution in [3.05, 3.63) is 30.1 Å². The Morgan fingerprint density at radius 3 is 2.54 bits per heavy atom. The highest BCUT2D eigenvalue weighted by atomic mass is 32.2. The maximum atomic E-state index is 13.3. The van der Waals surface area contributed by atoms with Crippen LogP contribution in [-0.2, 0) is 19.6 Å². The third-order valence-corrected chi connectivity index (χ3v) is 5.80. The molecule has 0 unspecified atom stereocenters. The number of nitrogens with one attached hydrogen (secondary N) is 1. The fourth-order valence-electron chi connectivity index (χ4n) is 2.57. The Labute approximate surface area is 152 Å². The number of carbonyl (C=O) groups is 2. The molecule has 0 radical (unpaired) electrons. The Kier molecular flexibility index (Phi) is 6.92. The molecule has 1 aromatic carbocycles. The molecule has 1 aliphatic rings. The van der Waals surface area contributed by atoms with Gasteiger partial charge in [0.15, 0.2) is 0 Å². The minimum absolute atomic E-state index is 0.101. The minimum atomic E-state index is -3.79. The normalized spacial score (nSPS) is 15.5. The van der Waals surface area contributed by atoms with E-state index < -0.39 is 21.9 Å². The van der Waals surface area contributed by atoms with Crippen molar-refractivity contribution in [3.8, 4) is 0 Å². The van der Waals surface area contributed by atoms with Gasteiger partial charge in [0.2, 0.25) is 15.9 Å². The van der Waals surface area contributed by atoms with Gasteiger partial charge in [-0.15, -0.1) is 0 Å². The highest BCUT2D eigenvalue weighted by Crippen LogP contribution is 2.18. The Bertz CT molecular complexity index is 748. The van der Waals surface area contributed by atoms with Crippen molar-refractivity contribution >= 4 is 22.0 Å². The van der Waals surface area contributed by atoms with Gasteiger partial charge in [0.25, 0.3) is 0 Å². The standard InChI is InChI=1S/C16H22FN3O5S/c1-2-25-16(22)18-7-6-15(21)19-8-10-20(11-9-19)26(23,24)14-5-3-4-13(17)12-14/h3-5,12H,2,6-11H2,1H3,(H,18,22). The van der Waals surface area contributed by atoms with Gasteiger partial charge in [0, 0.05) is 39.1 Å². The first kappa shape index (κ1) is 20.1. The van der Waals surface area contributed by atoms with Crippen LogP contribution in [0.5, 0.6) is 0 Å². The molecule has 0 atom stereocenters. The van der Waals surface area contributed by atoms with E-state index in [1.807, 2.05) is 0 Å². The highest BCUT2D eigenvalue weighted by molar-refractivity contribution is 7.89. The molecule has 144 valence electrons. The summed E-state index contributed by atoms with van der Waals surface area (Å²) in [7, 11) is -3.79. The first-order valence-corrected chi connectivity index (χ1v) is 9.72. The van der Waals surface area contributed by atoms with E-state index in [4.69, 9.17) is 4.74 Å². The van der Waals surface area contributed by atoms with Gasteiger partial charge in [-0.2, -0.15) is 4.31 Å². The van der Waals surface area contributed by atoms with E-state index in [0.717, 1.165) is 6.07 Å². The molecular weight excluding hydrogens is 365 g/mol. The van der Waals surface area contributed by atoms with Crippen LogP contribution >= 0.6 is 0 Å². The topological polar surface area (TPSA) is 96.0 Å². The van der Waals surface area contributed by atoms with Gasteiger partial charge < -0.3 is 15.0 Å². The van der Waals surface area contributed by atoms with E-state index >= 15 is 0 Å². The second-order valence-corrected chi connectivity index (χ2v) is 7.58. The predicted molar refractivity (Wildman–Crippen MR) is 91.4 cm³/mol. The van der Waals surface area contributed by atoms with Crippen LogP contribution in [0.1, 0.15) is 13.3 Å². The van der Waals surface area contributed by atoms with E-state index in [-0.39, 0.29) is 56.6 Å². The van der Waals surface area contributed by atoms with Gasteiger partial charge in [-0.3, -0.25) is 4.79 Å². The summed E-state index contributed by atoms with van der Waals surface area (Å²) >= 11 is 0. The maximum absolute atomic E-state index is 13.3. The van der Waals surface area contributed by atoms with Crippen LogP contribution in [0.25, 0.3) is 0 Å². The molecule has 0 aliphatic carbocycles. The lowest BCUT2D eigenvalue weighted by atomic mass is 10.3. The van der Waals surface area contributed by atoms with Crippen molar-refractivity contribution in [2.45, 2.75) is 18.2 Å². The predicted octanol–water partition coefficient (Wildman–Crippen LogP) is 0.795. The second-order valence-electron chi connectivity index (χ2n) is 5.64. The summed E-state index contributed by atoms with van der Waals surface area (Å²) in [5.41, 5.74) is 0. The van der Waals surface area contributed by atoms with Gasteiger partial charge in [-0.05, 0) is 25.1 Å². The van der Waals surface area contributed by atoms with Gasteiger partial charge in [0.05, 0.1) is 11.5 Å². The SMILES string of the molecule is CCOC(=O)NCCC(=O)N1CCN(S(=O)(=O)c2cccc(F)c2)CC1. The molecule has 2 amide bonds. The van der Waals surface area contributed by atoms with Crippen molar-refractivity contribution in [3.63, 3.8) is 0 Å². The van der Waals surface area contributed by atoms with Crippen molar-refractivity contribution in [2.75, 3.05) is 39.3 Å². The molecule has 1 N–H and O–H groups in total. The Morgan fingerprint density at radius 2 is 1.92 bits per heavy atom. The van der Waals surface area contributed by atoms with Crippen LogP contribution in [0.2, 0.25) is 0 Å². The number of hydrogen-bond acceptors (Lipinski definition) is 5. The number of carbonyl (C=O) groups excluding carboxylic acids is 2. The lowest BCUT2D eigenvalue weighted by Gasteiger charge is -2.34. The zero-order chi connectivity index (χ0) is 19.2. The van der Waals surface area contributed by atoms with E-state index in [0.29, 0.717) is 0 Å². The summed E-state index contributed by atoms with van der Waals surface area (Å²) in [5.74, 6) is -0.793. The van der Waals surface area contributed by atoms with E-state index in [2.05, 4.69) is 5.32 Å². The van der Waals surface area contributed by atoms with Crippen LogP contribution in [0, 0.1) is 5.82 Å². The summed E-state index contributed by atoms with van der Waals surface area (Å²) in [6.45, 7) is 2.84. The molecule has 1 aromatic rings. The number of alkyl carbamates (subject to hydrolysis) is 1. The molecule has 0 aromatic heterocycles. The zero-order valence-electron chi connectivity index (χ0n) is 14.5. The van der Waals surface area contributed by atoms with E-state index in [9.17, 15) is 22.4 Å². The number of halogens is 1. The maximum Gasteiger partial charge on any atom is 0.407 e. The van der Waals surface area contributed by atoms with Gasteiger partial charge in [-0.25, -0.2) is 17.6 Å². The number of benzene rings is 1. The van der Waals surface area contributed by atoms with Crippen LogP contribution in [0.4, 0.5) is 9.18 Å². The second kappa shape index (κ2) is 8.95. The molecule has 2 rings (SSSR count). The summed E-state index contributed by atoms with van der Waals surface area (Å²) < 4.78 is 44.3. The number of rotatable bonds is 6. The largest absolute Gasteiger partial charge is 0.450 e. The van der Waals surface area contributed by atoms with E-state index in [1.165, 1.54) is 22.5 Å². The number of amides is 2. The molecule has 26 heavy (non-hydrogen) atoms. The summed E-state index contributed by atoms with van der Waals surface area (Å²) in [4.78, 5) is 24.7.